The number of non-ortho nitro benzene ring substituents is 1. The molecule has 0 aromatic heterocycles. The molecule has 12 heteroatoms. The highest BCUT2D eigenvalue weighted by Gasteiger charge is 2.36. The third-order valence-corrected chi connectivity index (χ3v) is 4.64. The summed E-state index contributed by atoms with van der Waals surface area (Å²) in [5.41, 5.74) is 4.23. The molecule has 0 atom stereocenters. The van der Waals surface area contributed by atoms with Gasteiger partial charge in [0.05, 0.1) is 28.6 Å². The van der Waals surface area contributed by atoms with Crippen LogP contribution in [0.25, 0.3) is 6.08 Å². The number of thioether (sulfide) groups is 1. The highest BCUT2D eigenvalue weighted by molar-refractivity contribution is 8.18. The van der Waals surface area contributed by atoms with Crippen molar-refractivity contribution in [2.45, 2.75) is 6.18 Å². The van der Waals surface area contributed by atoms with Crippen LogP contribution in [-0.2, 0) is 11.0 Å². The number of amidine groups is 1. The molecular weight excluding hydrogens is 427 g/mol. The first-order valence-corrected chi connectivity index (χ1v) is 8.89. The van der Waals surface area contributed by atoms with Crippen LogP contribution in [0.4, 0.5) is 18.9 Å². The lowest BCUT2D eigenvalue weighted by atomic mass is 10.1. The Bertz CT molecular complexity index is 1100. The van der Waals surface area contributed by atoms with Crippen LogP contribution >= 0.6 is 11.8 Å². The van der Waals surface area contributed by atoms with E-state index in [1.54, 1.807) is 0 Å². The van der Waals surface area contributed by atoms with E-state index in [0.29, 0.717) is 17.7 Å². The van der Waals surface area contributed by atoms with Gasteiger partial charge in [0.2, 0.25) is 0 Å². The van der Waals surface area contributed by atoms with Crippen molar-refractivity contribution in [3.05, 3.63) is 62.5 Å². The summed E-state index contributed by atoms with van der Waals surface area (Å²) in [6.45, 7) is 0. The molecule has 30 heavy (non-hydrogen) atoms. The molecule has 0 spiro atoms. The Hall–Kier alpha value is -3.54. The van der Waals surface area contributed by atoms with Crippen LogP contribution in [0, 0.1) is 10.1 Å². The number of alkyl halides is 3. The van der Waals surface area contributed by atoms with Crippen LogP contribution in [0.3, 0.4) is 0 Å². The van der Waals surface area contributed by atoms with Gasteiger partial charge in [0.1, 0.15) is 5.75 Å². The normalized spacial score (nSPS) is 15.3. The number of carbonyl (C=O) groups excluding carboxylic acids is 1. The molecule has 156 valence electrons. The molecule has 8 nitrogen and oxygen atoms in total. The SMILES string of the molecule is COc1cc(C=C2SC(N)=NC2=O)ccc1Oc1cc([N+](=O)[O-])ccc1C(F)(F)F. The summed E-state index contributed by atoms with van der Waals surface area (Å²) in [5, 5.41) is 11.0. The molecule has 0 saturated heterocycles. The predicted octanol–water partition coefficient (Wildman–Crippen LogP) is 4.34. The van der Waals surface area contributed by atoms with E-state index in [1.807, 2.05) is 0 Å². The highest BCUT2D eigenvalue weighted by atomic mass is 32.2. The Kier molecular flexibility index (Phi) is 5.69. The number of nitro groups is 1. The summed E-state index contributed by atoms with van der Waals surface area (Å²) in [4.78, 5) is 25.6. The van der Waals surface area contributed by atoms with Gasteiger partial charge in [-0.2, -0.15) is 18.2 Å². The quantitative estimate of drug-likeness (QED) is 0.418. The molecule has 1 aliphatic rings. The molecule has 0 saturated carbocycles. The van der Waals surface area contributed by atoms with Crippen LogP contribution < -0.4 is 15.2 Å². The second-order valence-corrected chi connectivity index (χ2v) is 6.88. The first-order chi connectivity index (χ1) is 14.1. The molecule has 0 fully saturated rings. The smallest absolute Gasteiger partial charge is 0.419 e. The van der Waals surface area contributed by atoms with Gasteiger partial charge in [0.15, 0.2) is 16.7 Å². The van der Waals surface area contributed by atoms with Crippen molar-refractivity contribution in [2.24, 2.45) is 10.7 Å². The van der Waals surface area contributed by atoms with Crippen molar-refractivity contribution < 1.29 is 32.4 Å². The fourth-order valence-corrected chi connectivity index (χ4v) is 3.18. The number of benzene rings is 2. The number of nitrogens with two attached hydrogens (primary N) is 1. The Morgan fingerprint density at radius 3 is 2.47 bits per heavy atom. The van der Waals surface area contributed by atoms with Crippen molar-refractivity contribution in [1.29, 1.82) is 0 Å². The van der Waals surface area contributed by atoms with E-state index in [4.69, 9.17) is 15.2 Å². The molecule has 0 bridgehead atoms. The van der Waals surface area contributed by atoms with Gasteiger partial charge in [-0.05, 0) is 41.6 Å². The largest absolute Gasteiger partial charge is 0.493 e. The topological polar surface area (TPSA) is 117 Å². The van der Waals surface area contributed by atoms with Gasteiger partial charge in [-0.3, -0.25) is 14.9 Å². The summed E-state index contributed by atoms with van der Waals surface area (Å²) in [7, 11) is 1.27. The van der Waals surface area contributed by atoms with Crippen molar-refractivity contribution in [3.63, 3.8) is 0 Å². The van der Waals surface area contributed by atoms with E-state index in [2.05, 4.69) is 4.99 Å². The fourth-order valence-electron chi connectivity index (χ4n) is 2.50. The summed E-state index contributed by atoms with van der Waals surface area (Å²) >= 11 is 0.976. The average Bonchev–Trinajstić information content (AvgIpc) is 2.98. The molecule has 0 unspecified atom stereocenters. The van der Waals surface area contributed by atoms with Crippen LogP contribution in [-0.4, -0.2) is 23.1 Å². The first-order valence-electron chi connectivity index (χ1n) is 8.08. The second kappa shape index (κ2) is 8.06. The summed E-state index contributed by atoms with van der Waals surface area (Å²) in [5.74, 6) is -1.31. The molecule has 0 aliphatic carbocycles. The summed E-state index contributed by atoms with van der Waals surface area (Å²) < 4.78 is 50.3. The minimum Gasteiger partial charge on any atom is -0.493 e. The Morgan fingerprint density at radius 1 is 1.17 bits per heavy atom. The van der Waals surface area contributed by atoms with Crippen LogP contribution in [0.2, 0.25) is 0 Å². The maximum atomic E-state index is 13.3. The molecule has 2 aromatic carbocycles. The lowest BCUT2D eigenvalue weighted by molar-refractivity contribution is -0.385. The third-order valence-electron chi connectivity index (χ3n) is 3.82. The Labute approximate surface area is 171 Å². The number of carbonyl (C=O) groups is 1. The number of nitrogens with zero attached hydrogens (tertiary/aromatic N) is 2. The lowest BCUT2D eigenvalue weighted by Crippen LogP contribution is -2.08. The predicted molar refractivity (Wildman–Crippen MR) is 103 cm³/mol. The average molecular weight is 439 g/mol. The lowest BCUT2D eigenvalue weighted by Gasteiger charge is -2.15. The van der Waals surface area contributed by atoms with E-state index < -0.39 is 34.0 Å². The molecule has 2 N–H and O–H groups in total. The van der Waals surface area contributed by atoms with Gasteiger partial charge in [0, 0.05) is 6.07 Å². The molecular formula is C18H12F3N3O5S. The maximum absolute atomic E-state index is 13.3. The first kappa shape index (κ1) is 21.2. The van der Waals surface area contributed by atoms with Crippen LogP contribution in [0.5, 0.6) is 17.2 Å². The van der Waals surface area contributed by atoms with E-state index in [-0.39, 0.29) is 21.6 Å². The highest BCUT2D eigenvalue weighted by Crippen LogP contribution is 2.42. The Balaban J connectivity index is 1.98. The molecule has 1 aliphatic heterocycles. The van der Waals surface area contributed by atoms with Crippen molar-refractivity contribution >= 4 is 34.6 Å². The van der Waals surface area contributed by atoms with E-state index in [1.165, 1.54) is 31.4 Å². The van der Waals surface area contributed by atoms with Gasteiger partial charge in [0.25, 0.3) is 11.6 Å². The molecule has 1 heterocycles. The van der Waals surface area contributed by atoms with Crippen molar-refractivity contribution in [3.8, 4) is 17.2 Å². The van der Waals surface area contributed by atoms with Crippen LogP contribution in [0.1, 0.15) is 11.1 Å². The van der Waals surface area contributed by atoms with Gasteiger partial charge < -0.3 is 15.2 Å². The summed E-state index contributed by atoms with van der Waals surface area (Å²) in [6.07, 6.45) is -3.31. The van der Waals surface area contributed by atoms with Crippen molar-refractivity contribution in [2.75, 3.05) is 7.11 Å². The zero-order valence-corrected chi connectivity index (χ0v) is 15.9. The monoisotopic (exact) mass is 439 g/mol. The number of rotatable bonds is 5. The minimum absolute atomic E-state index is 0.0494. The maximum Gasteiger partial charge on any atom is 0.419 e. The number of aliphatic imine (C=N–C) groups is 1. The number of methoxy groups -OCH3 is 1. The van der Waals surface area contributed by atoms with E-state index >= 15 is 0 Å². The van der Waals surface area contributed by atoms with E-state index in [9.17, 15) is 28.1 Å². The second-order valence-electron chi connectivity index (χ2n) is 5.81. The number of amides is 1. The molecule has 2 aromatic rings. The number of halogens is 3. The van der Waals surface area contributed by atoms with Crippen molar-refractivity contribution in [1.82, 2.24) is 0 Å². The fraction of sp³-hybridized carbons (Fsp3) is 0.111. The Morgan fingerprint density at radius 2 is 1.90 bits per heavy atom. The van der Waals surface area contributed by atoms with Gasteiger partial charge in [-0.15, -0.1) is 0 Å². The molecule has 0 radical (unpaired) electrons. The summed E-state index contributed by atoms with van der Waals surface area (Å²) in [6, 6.07) is 6.22. The molecule has 1 amide bonds. The van der Waals surface area contributed by atoms with Gasteiger partial charge >= 0.3 is 6.18 Å². The van der Waals surface area contributed by atoms with Gasteiger partial charge in [-0.25, -0.2) is 0 Å². The van der Waals surface area contributed by atoms with Gasteiger partial charge in [-0.1, -0.05) is 6.07 Å². The number of hydrogen-bond donors (Lipinski definition) is 1. The van der Waals surface area contributed by atoms with E-state index in [0.717, 1.165) is 17.8 Å². The number of ether oxygens (including phenoxy) is 2. The van der Waals surface area contributed by atoms with Crippen LogP contribution in [0.15, 0.2) is 46.3 Å². The number of hydrogen-bond acceptors (Lipinski definition) is 7. The standard InChI is InChI=1S/C18H12F3N3O5S/c1-28-14-6-9(7-15-16(25)23-17(22)30-15)2-5-12(14)29-13-8-10(24(26)27)3-4-11(13)18(19,20)21/h2-8H,1H3,(H2,22,23,25). The minimum atomic E-state index is -4.79. The molecule has 3 rings (SSSR count). The number of nitro benzene ring substituents is 1. The zero-order valence-electron chi connectivity index (χ0n) is 15.1. The third kappa shape index (κ3) is 4.54. The zero-order chi connectivity index (χ0) is 22.1.